The zero-order valence-corrected chi connectivity index (χ0v) is 21.9. The first-order valence-electron chi connectivity index (χ1n) is 12.7. The van der Waals surface area contributed by atoms with Crippen molar-refractivity contribution in [3.63, 3.8) is 0 Å². The fourth-order valence-electron chi connectivity index (χ4n) is 4.22. The molecule has 0 bridgehead atoms. The van der Waals surface area contributed by atoms with E-state index < -0.39 is 23.8 Å². The van der Waals surface area contributed by atoms with Crippen LogP contribution in [0.2, 0.25) is 0 Å². The molecule has 1 heterocycles. The summed E-state index contributed by atoms with van der Waals surface area (Å²) in [6.45, 7) is 7.84. The molecule has 1 N–H and O–H groups in total. The van der Waals surface area contributed by atoms with Crippen LogP contribution in [0.1, 0.15) is 51.7 Å². The quantitative estimate of drug-likeness (QED) is 0.556. The molecule has 0 radical (unpaired) electrons. The van der Waals surface area contributed by atoms with Crippen molar-refractivity contribution >= 4 is 24.0 Å². The number of hydrogen-bond donors (Lipinski definition) is 1. The molecule has 37 heavy (non-hydrogen) atoms. The topological polar surface area (TPSA) is 79.0 Å². The summed E-state index contributed by atoms with van der Waals surface area (Å²) in [4.78, 5) is 43.0. The Balaban J connectivity index is 1.81. The second-order valence-corrected chi connectivity index (χ2v) is 10.1. The van der Waals surface area contributed by atoms with Gasteiger partial charge in [0.1, 0.15) is 23.5 Å². The van der Waals surface area contributed by atoms with Crippen molar-refractivity contribution in [2.75, 3.05) is 13.1 Å². The highest BCUT2D eigenvalue weighted by molar-refractivity contribution is 5.93. The summed E-state index contributed by atoms with van der Waals surface area (Å²) in [6.07, 6.45) is 4.25. The number of ether oxygens (including phenoxy) is 1. The number of amides is 3. The zero-order valence-electron chi connectivity index (χ0n) is 21.9. The van der Waals surface area contributed by atoms with Gasteiger partial charge < -0.3 is 19.9 Å². The summed E-state index contributed by atoms with van der Waals surface area (Å²) >= 11 is 0. The van der Waals surface area contributed by atoms with E-state index >= 15 is 0 Å². The third-order valence-corrected chi connectivity index (χ3v) is 5.96. The number of nitrogens with one attached hydrogen (secondary N) is 1. The lowest BCUT2D eigenvalue weighted by Crippen LogP contribution is -2.61. The SMILES string of the molecule is CCCC1C(=O)N(C=Cc2ccccc2)CCN1C(=O)C(Cc1ccc(F)cc1)NC(=O)OC(C)(C)C. The number of nitrogens with zero attached hydrogens (tertiary/aromatic N) is 2. The fraction of sp³-hybridized carbons (Fsp3) is 0.414. The third-order valence-electron chi connectivity index (χ3n) is 5.96. The Morgan fingerprint density at radius 2 is 1.78 bits per heavy atom. The number of alkyl carbamates (subject to hydrolysis) is 1. The molecule has 2 aromatic carbocycles. The molecule has 3 rings (SSSR count). The van der Waals surface area contributed by atoms with E-state index in [4.69, 9.17) is 4.74 Å². The van der Waals surface area contributed by atoms with Gasteiger partial charge in [-0.05, 0) is 56.5 Å². The van der Waals surface area contributed by atoms with Crippen molar-refractivity contribution in [3.05, 3.63) is 77.7 Å². The predicted molar refractivity (Wildman–Crippen MR) is 141 cm³/mol. The van der Waals surface area contributed by atoms with Crippen LogP contribution in [0.15, 0.2) is 60.8 Å². The smallest absolute Gasteiger partial charge is 0.408 e. The van der Waals surface area contributed by atoms with Crippen molar-refractivity contribution in [3.8, 4) is 0 Å². The molecule has 1 fully saturated rings. The van der Waals surface area contributed by atoms with Gasteiger partial charge in [-0.2, -0.15) is 0 Å². The highest BCUT2D eigenvalue weighted by Gasteiger charge is 2.39. The zero-order chi connectivity index (χ0) is 27.0. The second-order valence-electron chi connectivity index (χ2n) is 10.1. The second kappa shape index (κ2) is 12.5. The number of carbonyl (C=O) groups excluding carboxylic acids is 3. The number of benzene rings is 2. The van der Waals surface area contributed by atoms with Gasteiger partial charge in [-0.3, -0.25) is 9.59 Å². The molecule has 1 aliphatic heterocycles. The van der Waals surface area contributed by atoms with Crippen LogP contribution in [0.25, 0.3) is 6.08 Å². The molecule has 2 aromatic rings. The van der Waals surface area contributed by atoms with Gasteiger partial charge in [0.2, 0.25) is 11.8 Å². The van der Waals surface area contributed by atoms with Crippen LogP contribution in [0, 0.1) is 5.82 Å². The molecule has 8 heteroatoms. The van der Waals surface area contributed by atoms with Gasteiger partial charge in [-0.1, -0.05) is 55.8 Å². The first-order chi connectivity index (χ1) is 17.6. The highest BCUT2D eigenvalue weighted by Crippen LogP contribution is 2.20. The minimum atomic E-state index is -0.973. The maximum atomic E-state index is 13.8. The van der Waals surface area contributed by atoms with E-state index in [9.17, 15) is 18.8 Å². The molecule has 7 nitrogen and oxygen atoms in total. The van der Waals surface area contributed by atoms with Gasteiger partial charge in [-0.25, -0.2) is 9.18 Å². The maximum absolute atomic E-state index is 13.8. The Labute approximate surface area is 218 Å². The van der Waals surface area contributed by atoms with Crippen molar-refractivity contribution in [1.82, 2.24) is 15.1 Å². The van der Waals surface area contributed by atoms with Crippen molar-refractivity contribution in [2.24, 2.45) is 0 Å². The molecule has 0 aliphatic carbocycles. The van der Waals surface area contributed by atoms with Crippen molar-refractivity contribution < 1.29 is 23.5 Å². The predicted octanol–water partition coefficient (Wildman–Crippen LogP) is 4.77. The largest absolute Gasteiger partial charge is 0.444 e. The van der Waals surface area contributed by atoms with Gasteiger partial charge in [0.05, 0.1) is 0 Å². The van der Waals surface area contributed by atoms with Crippen LogP contribution in [0.4, 0.5) is 9.18 Å². The Bertz CT molecular complexity index is 1100. The molecule has 1 saturated heterocycles. The van der Waals surface area contributed by atoms with Gasteiger partial charge >= 0.3 is 6.09 Å². The number of hydrogen-bond acceptors (Lipinski definition) is 4. The molecule has 0 aromatic heterocycles. The van der Waals surface area contributed by atoms with E-state index in [-0.39, 0.29) is 24.1 Å². The molecular formula is C29H36FN3O4. The van der Waals surface area contributed by atoms with Gasteiger partial charge in [0.25, 0.3) is 0 Å². The first kappa shape index (κ1) is 27.9. The minimum absolute atomic E-state index is 0.138. The highest BCUT2D eigenvalue weighted by atomic mass is 19.1. The molecule has 2 atom stereocenters. The summed E-state index contributed by atoms with van der Waals surface area (Å²) in [5.74, 6) is -0.917. The van der Waals surface area contributed by atoms with Gasteiger partial charge in [0.15, 0.2) is 0 Å². The number of rotatable bonds is 8. The summed E-state index contributed by atoms with van der Waals surface area (Å²) < 4.78 is 18.8. The van der Waals surface area contributed by atoms with Crippen LogP contribution in [0.5, 0.6) is 0 Å². The Kier molecular flexibility index (Phi) is 9.44. The van der Waals surface area contributed by atoms with E-state index in [2.05, 4.69) is 5.32 Å². The van der Waals surface area contributed by atoms with E-state index in [1.807, 2.05) is 43.3 Å². The summed E-state index contributed by atoms with van der Waals surface area (Å²) in [5, 5.41) is 2.68. The number of piperazine rings is 1. The maximum Gasteiger partial charge on any atom is 0.408 e. The Morgan fingerprint density at radius 3 is 2.41 bits per heavy atom. The van der Waals surface area contributed by atoms with Crippen molar-refractivity contribution in [2.45, 2.75) is 64.6 Å². The van der Waals surface area contributed by atoms with Crippen molar-refractivity contribution in [1.29, 1.82) is 0 Å². The van der Waals surface area contributed by atoms with Gasteiger partial charge in [-0.15, -0.1) is 0 Å². The van der Waals surface area contributed by atoms with Crippen LogP contribution in [-0.4, -0.2) is 58.5 Å². The van der Waals surface area contributed by atoms with Crippen LogP contribution >= 0.6 is 0 Å². The third kappa shape index (κ3) is 8.17. The minimum Gasteiger partial charge on any atom is -0.444 e. The first-order valence-corrected chi connectivity index (χ1v) is 12.7. The molecule has 3 amide bonds. The lowest BCUT2D eigenvalue weighted by molar-refractivity contribution is -0.150. The summed E-state index contributed by atoms with van der Waals surface area (Å²) in [7, 11) is 0. The van der Waals surface area contributed by atoms with Gasteiger partial charge in [0, 0.05) is 25.7 Å². The molecular weight excluding hydrogens is 473 g/mol. The average Bonchev–Trinajstić information content (AvgIpc) is 2.84. The van der Waals surface area contributed by atoms with Crippen LogP contribution in [-0.2, 0) is 20.7 Å². The van der Waals surface area contributed by atoms with Crippen LogP contribution < -0.4 is 5.32 Å². The molecule has 2 unspecified atom stereocenters. The molecule has 1 aliphatic rings. The molecule has 0 saturated carbocycles. The lowest BCUT2D eigenvalue weighted by atomic mass is 10.0. The Hall–Kier alpha value is -3.68. The normalized spacial score (nSPS) is 17.1. The van der Waals surface area contributed by atoms with Crippen LogP contribution in [0.3, 0.4) is 0 Å². The average molecular weight is 510 g/mol. The summed E-state index contributed by atoms with van der Waals surface area (Å²) in [5.41, 5.74) is 0.908. The standard InChI is InChI=1S/C29H36FN3O4/c1-5-9-25-27(35)32(17-16-21-10-7-6-8-11-21)18-19-33(25)26(34)24(31-28(36)37-29(2,3)4)20-22-12-14-23(30)15-13-22/h6-8,10-17,24-25H,5,9,18-20H2,1-4H3,(H,31,36). The monoisotopic (exact) mass is 509 g/mol. The lowest BCUT2D eigenvalue weighted by Gasteiger charge is -2.41. The Morgan fingerprint density at radius 1 is 1.11 bits per heavy atom. The fourth-order valence-corrected chi connectivity index (χ4v) is 4.22. The number of carbonyl (C=O) groups is 3. The number of halogens is 1. The van der Waals surface area contributed by atoms with E-state index in [0.717, 1.165) is 5.56 Å². The summed E-state index contributed by atoms with van der Waals surface area (Å²) in [6, 6.07) is 13.8. The molecule has 198 valence electrons. The van der Waals surface area contributed by atoms with E-state index in [1.54, 1.807) is 48.9 Å². The molecule has 0 spiro atoms. The van der Waals surface area contributed by atoms with E-state index in [0.29, 0.717) is 31.5 Å². The van der Waals surface area contributed by atoms with E-state index in [1.165, 1.54) is 12.1 Å².